The first-order valence-corrected chi connectivity index (χ1v) is 8.52. The molecular weight excluding hydrogens is 282 g/mol. The van der Waals surface area contributed by atoms with Gasteiger partial charge in [0.15, 0.2) is 0 Å². The molecule has 0 spiro atoms. The van der Waals surface area contributed by atoms with E-state index in [0.29, 0.717) is 30.1 Å². The molecular formula is C16H23N3OS. The van der Waals surface area contributed by atoms with E-state index >= 15 is 0 Å². The quantitative estimate of drug-likeness (QED) is 0.791. The molecule has 0 aliphatic carbocycles. The SMILES string of the molecule is CSc1ccc(-c2noc(C[C@@H](CN)CC(C)C)n2)cc1. The number of thioether (sulfide) groups is 1. The predicted octanol–water partition coefficient (Wildman–Crippen LogP) is 3.62. The highest BCUT2D eigenvalue weighted by atomic mass is 32.2. The van der Waals surface area contributed by atoms with E-state index in [9.17, 15) is 0 Å². The van der Waals surface area contributed by atoms with E-state index in [-0.39, 0.29) is 0 Å². The number of rotatable bonds is 7. The van der Waals surface area contributed by atoms with Gasteiger partial charge >= 0.3 is 0 Å². The number of benzene rings is 1. The van der Waals surface area contributed by atoms with Crippen molar-refractivity contribution < 1.29 is 4.52 Å². The maximum absolute atomic E-state index is 5.83. The molecule has 0 saturated carbocycles. The highest BCUT2D eigenvalue weighted by Crippen LogP contribution is 2.22. The highest BCUT2D eigenvalue weighted by Gasteiger charge is 2.15. The molecule has 1 atom stereocenters. The number of aromatic nitrogens is 2. The van der Waals surface area contributed by atoms with Crippen LogP contribution >= 0.6 is 11.8 Å². The zero-order valence-corrected chi connectivity index (χ0v) is 13.7. The van der Waals surface area contributed by atoms with Gasteiger partial charge < -0.3 is 10.3 Å². The van der Waals surface area contributed by atoms with Crippen molar-refractivity contribution in [3.63, 3.8) is 0 Å². The fourth-order valence-corrected chi connectivity index (χ4v) is 2.78. The largest absolute Gasteiger partial charge is 0.339 e. The molecule has 0 aliphatic heterocycles. The van der Waals surface area contributed by atoms with Gasteiger partial charge in [-0.2, -0.15) is 4.98 Å². The summed E-state index contributed by atoms with van der Waals surface area (Å²) in [5.41, 5.74) is 6.81. The minimum absolute atomic E-state index is 0.400. The van der Waals surface area contributed by atoms with Gasteiger partial charge in [-0.15, -0.1) is 11.8 Å². The minimum Gasteiger partial charge on any atom is -0.339 e. The maximum Gasteiger partial charge on any atom is 0.227 e. The first-order valence-electron chi connectivity index (χ1n) is 7.29. The van der Waals surface area contributed by atoms with Crippen molar-refractivity contribution in [3.8, 4) is 11.4 Å². The Balaban J connectivity index is 2.06. The summed E-state index contributed by atoms with van der Waals surface area (Å²) in [6, 6.07) is 8.18. The lowest BCUT2D eigenvalue weighted by atomic mass is 9.94. The van der Waals surface area contributed by atoms with Gasteiger partial charge in [0.1, 0.15) is 0 Å². The van der Waals surface area contributed by atoms with Crippen LogP contribution in [0.15, 0.2) is 33.7 Å². The second kappa shape index (κ2) is 7.61. The molecule has 4 nitrogen and oxygen atoms in total. The summed E-state index contributed by atoms with van der Waals surface area (Å²) in [7, 11) is 0. The van der Waals surface area contributed by atoms with Crippen LogP contribution in [0.25, 0.3) is 11.4 Å². The molecule has 1 heterocycles. The lowest BCUT2D eigenvalue weighted by Crippen LogP contribution is -2.19. The molecule has 2 rings (SSSR count). The summed E-state index contributed by atoms with van der Waals surface area (Å²) in [5, 5.41) is 4.07. The topological polar surface area (TPSA) is 64.9 Å². The van der Waals surface area contributed by atoms with Crippen LogP contribution < -0.4 is 5.73 Å². The Hall–Kier alpha value is -1.33. The van der Waals surface area contributed by atoms with Crippen molar-refractivity contribution in [2.24, 2.45) is 17.6 Å². The molecule has 0 aliphatic rings. The fourth-order valence-electron chi connectivity index (χ4n) is 2.37. The summed E-state index contributed by atoms with van der Waals surface area (Å²) in [6.07, 6.45) is 3.89. The Bertz CT molecular complexity index is 551. The standard InChI is InChI=1S/C16H23N3OS/c1-11(2)8-12(10-17)9-15-18-16(19-20-15)13-4-6-14(21-3)7-5-13/h4-7,11-12H,8-10,17H2,1-3H3/t12-/m0/s1. The second-order valence-corrected chi connectivity index (χ2v) is 6.56. The van der Waals surface area contributed by atoms with Crippen molar-refractivity contribution >= 4 is 11.8 Å². The van der Waals surface area contributed by atoms with Gasteiger partial charge in [0, 0.05) is 16.9 Å². The zero-order valence-electron chi connectivity index (χ0n) is 12.9. The van der Waals surface area contributed by atoms with E-state index in [1.54, 1.807) is 11.8 Å². The maximum atomic E-state index is 5.83. The highest BCUT2D eigenvalue weighted by molar-refractivity contribution is 7.98. The molecule has 21 heavy (non-hydrogen) atoms. The van der Waals surface area contributed by atoms with Gasteiger partial charge in [-0.05, 0) is 55.3 Å². The van der Waals surface area contributed by atoms with E-state index in [1.807, 2.05) is 12.1 Å². The van der Waals surface area contributed by atoms with Crippen LogP contribution in [0.1, 0.15) is 26.2 Å². The van der Waals surface area contributed by atoms with Gasteiger partial charge in [-0.25, -0.2) is 0 Å². The molecule has 0 unspecified atom stereocenters. The van der Waals surface area contributed by atoms with Crippen LogP contribution in [0.4, 0.5) is 0 Å². The molecule has 5 heteroatoms. The molecule has 114 valence electrons. The lowest BCUT2D eigenvalue weighted by molar-refractivity contribution is 0.332. The molecule has 2 aromatic rings. The van der Waals surface area contributed by atoms with Crippen LogP contribution in [-0.2, 0) is 6.42 Å². The zero-order chi connectivity index (χ0) is 15.2. The summed E-state index contributed by atoms with van der Waals surface area (Å²) in [5.74, 6) is 2.35. The van der Waals surface area contributed by atoms with Crippen molar-refractivity contribution in [3.05, 3.63) is 30.2 Å². The number of nitrogens with zero attached hydrogens (tertiary/aromatic N) is 2. The Labute approximate surface area is 130 Å². The molecule has 0 bridgehead atoms. The third-order valence-electron chi connectivity index (χ3n) is 3.42. The number of nitrogens with two attached hydrogens (primary N) is 1. The smallest absolute Gasteiger partial charge is 0.227 e. The normalized spacial score (nSPS) is 12.8. The van der Waals surface area contributed by atoms with E-state index in [4.69, 9.17) is 10.3 Å². The van der Waals surface area contributed by atoms with Gasteiger partial charge in [-0.3, -0.25) is 0 Å². The average molecular weight is 305 g/mol. The lowest BCUT2D eigenvalue weighted by Gasteiger charge is -2.14. The van der Waals surface area contributed by atoms with Crippen LogP contribution in [0, 0.1) is 11.8 Å². The van der Waals surface area contributed by atoms with Gasteiger partial charge in [0.25, 0.3) is 0 Å². The van der Waals surface area contributed by atoms with Crippen molar-refractivity contribution in [2.75, 3.05) is 12.8 Å². The van der Waals surface area contributed by atoms with Crippen LogP contribution in [0.2, 0.25) is 0 Å². The third kappa shape index (κ3) is 4.58. The third-order valence-corrected chi connectivity index (χ3v) is 4.16. The number of hydrogen-bond donors (Lipinski definition) is 1. The van der Waals surface area contributed by atoms with Crippen molar-refractivity contribution in [1.82, 2.24) is 10.1 Å². The minimum atomic E-state index is 0.400. The average Bonchev–Trinajstić information content (AvgIpc) is 2.94. The molecule has 1 aromatic heterocycles. The number of hydrogen-bond acceptors (Lipinski definition) is 5. The second-order valence-electron chi connectivity index (χ2n) is 5.68. The fraction of sp³-hybridized carbons (Fsp3) is 0.500. The van der Waals surface area contributed by atoms with Gasteiger partial charge in [-0.1, -0.05) is 19.0 Å². The molecule has 0 radical (unpaired) electrons. The Kier molecular flexibility index (Phi) is 5.82. The Morgan fingerprint density at radius 1 is 1.24 bits per heavy atom. The molecule has 2 N–H and O–H groups in total. The first kappa shape index (κ1) is 16.0. The van der Waals surface area contributed by atoms with Gasteiger partial charge in [0.05, 0.1) is 0 Å². The molecule has 1 aromatic carbocycles. The molecule has 0 fully saturated rings. The molecule has 0 saturated heterocycles. The van der Waals surface area contributed by atoms with Crippen molar-refractivity contribution in [2.45, 2.75) is 31.6 Å². The summed E-state index contributed by atoms with van der Waals surface area (Å²) < 4.78 is 5.37. The van der Waals surface area contributed by atoms with E-state index in [2.05, 4.69) is 42.4 Å². The van der Waals surface area contributed by atoms with E-state index in [0.717, 1.165) is 18.4 Å². The van der Waals surface area contributed by atoms with Crippen LogP contribution in [-0.4, -0.2) is 22.9 Å². The van der Waals surface area contributed by atoms with E-state index < -0.39 is 0 Å². The summed E-state index contributed by atoms with van der Waals surface area (Å²) >= 11 is 1.72. The first-order chi connectivity index (χ1) is 10.1. The van der Waals surface area contributed by atoms with Crippen LogP contribution in [0.5, 0.6) is 0 Å². The van der Waals surface area contributed by atoms with Crippen LogP contribution in [0.3, 0.4) is 0 Å². The Morgan fingerprint density at radius 2 is 1.95 bits per heavy atom. The summed E-state index contributed by atoms with van der Waals surface area (Å²) in [4.78, 5) is 5.72. The van der Waals surface area contributed by atoms with Gasteiger partial charge in [0.2, 0.25) is 11.7 Å². The predicted molar refractivity (Wildman–Crippen MR) is 87.2 cm³/mol. The van der Waals surface area contributed by atoms with E-state index in [1.165, 1.54) is 4.90 Å². The monoisotopic (exact) mass is 305 g/mol. The molecule has 0 amide bonds. The Morgan fingerprint density at radius 3 is 2.52 bits per heavy atom. The summed E-state index contributed by atoms with van der Waals surface area (Å²) in [6.45, 7) is 5.06. The van der Waals surface area contributed by atoms with Crippen molar-refractivity contribution in [1.29, 1.82) is 0 Å².